The second-order valence-electron chi connectivity index (χ2n) is 4.84. The molecule has 1 amide bonds. The van der Waals surface area contributed by atoms with E-state index in [4.69, 9.17) is 19.5 Å². The molecule has 1 atom stereocenters. The van der Waals surface area contributed by atoms with Crippen molar-refractivity contribution in [3.05, 3.63) is 23.5 Å². The van der Waals surface area contributed by atoms with Crippen LogP contribution in [0.25, 0.3) is 0 Å². The van der Waals surface area contributed by atoms with Gasteiger partial charge in [0.2, 0.25) is 5.91 Å². The molecule has 0 spiro atoms. The molecule has 22 heavy (non-hydrogen) atoms. The lowest BCUT2D eigenvalue weighted by Crippen LogP contribution is -2.23. The molecule has 6 nitrogen and oxygen atoms in total. The minimum atomic E-state index is -0.704. The molecule has 1 aromatic carbocycles. The number of nitrogens with one attached hydrogen (secondary N) is 1. The Kier molecular flexibility index (Phi) is 5.69. The van der Waals surface area contributed by atoms with Gasteiger partial charge < -0.3 is 19.5 Å². The van der Waals surface area contributed by atoms with Crippen molar-refractivity contribution >= 4 is 11.6 Å². The van der Waals surface area contributed by atoms with Crippen LogP contribution in [0, 0.1) is 17.1 Å². The van der Waals surface area contributed by atoms with E-state index >= 15 is 0 Å². The van der Waals surface area contributed by atoms with E-state index in [-0.39, 0.29) is 29.7 Å². The van der Waals surface area contributed by atoms with E-state index in [0.29, 0.717) is 6.61 Å². The second-order valence-corrected chi connectivity index (χ2v) is 4.84. The highest BCUT2D eigenvalue weighted by atomic mass is 19.1. The summed E-state index contributed by atoms with van der Waals surface area (Å²) in [5.74, 6) is -0.993. The number of methoxy groups -OCH3 is 1. The Morgan fingerprint density at radius 1 is 1.59 bits per heavy atom. The number of nitriles is 1. The number of carbonyl (C=O) groups is 1. The summed E-state index contributed by atoms with van der Waals surface area (Å²) in [5.41, 5.74) is 0.00852. The van der Waals surface area contributed by atoms with Crippen molar-refractivity contribution in [1.29, 1.82) is 5.26 Å². The predicted molar refractivity (Wildman–Crippen MR) is 76.1 cm³/mol. The summed E-state index contributed by atoms with van der Waals surface area (Å²) in [6, 6.07) is 4.10. The average Bonchev–Trinajstić information content (AvgIpc) is 3.02. The zero-order chi connectivity index (χ0) is 15.9. The molecule has 1 unspecified atom stereocenters. The van der Waals surface area contributed by atoms with Crippen molar-refractivity contribution in [2.75, 3.05) is 32.2 Å². The number of ether oxygens (including phenoxy) is 3. The predicted octanol–water partition coefficient (Wildman–Crippen LogP) is 1.84. The third-order valence-electron chi connectivity index (χ3n) is 3.24. The molecule has 1 fully saturated rings. The Balaban J connectivity index is 1.89. The highest BCUT2D eigenvalue weighted by Gasteiger charge is 2.17. The topological polar surface area (TPSA) is 80.6 Å². The summed E-state index contributed by atoms with van der Waals surface area (Å²) < 4.78 is 29.4. The van der Waals surface area contributed by atoms with Gasteiger partial charge in [0, 0.05) is 12.7 Å². The Bertz CT molecular complexity index is 580. The molecule has 0 bridgehead atoms. The highest BCUT2D eigenvalue weighted by molar-refractivity contribution is 5.92. The molecule has 1 aromatic rings. The van der Waals surface area contributed by atoms with Crippen LogP contribution in [0.1, 0.15) is 18.4 Å². The number of rotatable bonds is 6. The second kappa shape index (κ2) is 7.73. The van der Waals surface area contributed by atoms with E-state index in [0.717, 1.165) is 25.5 Å². The van der Waals surface area contributed by atoms with Crippen molar-refractivity contribution in [1.82, 2.24) is 0 Å². The minimum Gasteiger partial charge on any atom is -0.495 e. The van der Waals surface area contributed by atoms with Crippen molar-refractivity contribution in [2.45, 2.75) is 18.9 Å². The van der Waals surface area contributed by atoms with Crippen LogP contribution in [0.2, 0.25) is 0 Å². The maximum atomic E-state index is 13.8. The minimum absolute atomic E-state index is 0.0274. The molecule has 1 heterocycles. The van der Waals surface area contributed by atoms with E-state index < -0.39 is 11.7 Å². The normalized spacial score (nSPS) is 17.0. The fraction of sp³-hybridized carbons (Fsp3) is 0.467. The van der Waals surface area contributed by atoms with Crippen LogP contribution in [0.3, 0.4) is 0 Å². The number of benzene rings is 1. The molecule has 0 saturated carbocycles. The first kappa shape index (κ1) is 16.2. The number of amides is 1. The molecule has 0 aliphatic carbocycles. The number of halogens is 1. The number of hydrogen-bond donors (Lipinski definition) is 1. The maximum absolute atomic E-state index is 13.8. The van der Waals surface area contributed by atoms with Gasteiger partial charge in [-0.15, -0.1) is 0 Å². The fourth-order valence-electron chi connectivity index (χ4n) is 2.15. The van der Waals surface area contributed by atoms with Gasteiger partial charge in [-0.2, -0.15) is 5.26 Å². The molecule has 0 radical (unpaired) electrons. The lowest BCUT2D eigenvalue weighted by molar-refractivity contribution is -0.121. The van der Waals surface area contributed by atoms with Crippen LogP contribution < -0.4 is 10.1 Å². The molecule has 1 saturated heterocycles. The SMILES string of the molecule is COc1cc(NC(=O)COCC2CCCO2)c(F)cc1C#N. The lowest BCUT2D eigenvalue weighted by Gasteiger charge is -2.11. The van der Waals surface area contributed by atoms with Gasteiger partial charge in [-0.25, -0.2) is 4.39 Å². The Labute approximate surface area is 127 Å². The number of hydrogen-bond acceptors (Lipinski definition) is 5. The first-order valence-corrected chi connectivity index (χ1v) is 6.91. The standard InChI is InChI=1S/C15H17FN2O4/c1-20-14-6-13(12(16)5-10(14)7-17)18-15(19)9-21-8-11-3-2-4-22-11/h5-6,11H,2-4,8-9H2,1H3,(H,18,19). The van der Waals surface area contributed by atoms with Gasteiger partial charge in [0.15, 0.2) is 0 Å². The van der Waals surface area contributed by atoms with Crippen LogP contribution in [0.4, 0.5) is 10.1 Å². The van der Waals surface area contributed by atoms with Crippen molar-refractivity contribution in [3.8, 4) is 11.8 Å². The lowest BCUT2D eigenvalue weighted by atomic mass is 10.2. The Morgan fingerprint density at radius 3 is 3.05 bits per heavy atom. The van der Waals surface area contributed by atoms with Crippen LogP contribution in [-0.2, 0) is 14.3 Å². The largest absolute Gasteiger partial charge is 0.495 e. The van der Waals surface area contributed by atoms with Gasteiger partial charge in [-0.1, -0.05) is 0 Å². The summed E-state index contributed by atoms with van der Waals surface area (Å²) in [6.45, 7) is 0.866. The van der Waals surface area contributed by atoms with Crippen molar-refractivity contribution in [2.24, 2.45) is 0 Å². The third-order valence-corrected chi connectivity index (χ3v) is 3.24. The Morgan fingerprint density at radius 2 is 2.41 bits per heavy atom. The van der Waals surface area contributed by atoms with Gasteiger partial charge in [0.25, 0.3) is 0 Å². The third kappa shape index (κ3) is 4.16. The maximum Gasteiger partial charge on any atom is 0.250 e. The van der Waals surface area contributed by atoms with Crippen LogP contribution in [0.5, 0.6) is 5.75 Å². The number of nitrogens with zero attached hydrogens (tertiary/aromatic N) is 1. The van der Waals surface area contributed by atoms with Gasteiger partial charge >= 0.3 is 0 Å². The molecule has 0 aromatic heterocycles. The summed E-state index contributed by atoms with van der Waals surface area (Å²) in [5, 5.41) is 11.2. The molecule has 118 valence electrons. The van der Waals surface area contributed by atoms with Gasteiger partial charge in [0.05, 0.1) is 31.1 Å². The van der Waals surface area contributed by atoms with E-state index in [2.05, 4.69) is 5.32 Å². The first-order chi connectivity index (χ1) is 10.6. The summed E-state index contributed by atoms with van der Waals surface area (Å²) >= 11 is 0. The van der Waals surface area contributed by atoms with Crippen molar-refractivity contribution < 1.29 is 23.4 Å². The summed E-state index contributed by atoms with van der Waals surface area (Å²) in [7, 11) is 1.37. The highest BCUT2D eigenvalue weighted by Crippen LogP contribution is 2.25. The van der Waals surface area contributed by atoms with E-state index in [1.807, 2.05) is 6.07 Å². The monoisotopic (exact) mass is 308 g/mol. The Hall–Kier alpha value is -2.17. The summed E-state index contributed by atoms with van der Waals surface area (Å²) in [6.07, 6.45) is 1.94. The molecule has 1 N–H and O–H groups in total. The van der Waals surface area contributed by atoms with E-state index in [1.165, 1.54) is 13.2 Å². The number of anilines is 1. The number of carbonyl (C=O) groups excluding carboxylic acids is 1. The molecule has 2 rings (SSSR count). The quantitative estimate of drug-likeness (QED) is 0.867. The van der Waals surface area contributed by atoms with E-state index in [1.54, 1.807) is 0 Å². The zero-order valence-electron chi connectivity index (χ0n) is 12.2. The summed E-state index contributed by atoms with van der Waals surface area (Å²) in [4.78, 5) is 11.7. The van der Waals surface area contributed by atoms with Gasteiger partial charge in [-0.05, 0) is 18.9 Å². The first-order valence-electron chi connectivity index (χ1n) is 6.91. The van der Waals surface area contributed by atoms with Crippen LogP contribution in [0.15, 0.2) is 12.1 Å². The molecule has 7 heteroatoms. The molecule has 1 aliphatic rings. The van der Waals surface area contributed by atoms with Crippen molar-refractivity contribution in [3.63, 3.8) is 0 Å². The van der Waals surface area contributed by atoms with Crippen LogP contribution in [-0.4, -0.2) is 38.9 Å². The average molecular weight is 308 g/mol. The van der Waals surface area contributed by atoms with Gasteiger partial charge in [-0.3, -0.25) is 4.79 Å². The fourth-order valence-corrected chi connectivity index (χ4v) is 2.15. The molecular weight excluding hydrogens is 291 g/mol. The zero-order valence-corrected chi connectivity index (χ0v) is 12.2. The molecule has 1 aliphatic heterocycles. The van der Waals surface area contributed by atoms with E-state index in [9.17, 15) is 9.18 Å². The van der Waals surface area contributed by atoms with Gasteiger partial charge in [0.1, 0.15) is 24.2 Å². The van der Waals surface area contributed by atoms with Crippen LogP contribution >= 0.6 is 0 Å². The smallest absolute Gasteiger partial charge is 0.250 e. The molecular formula is C15H17FN2O4.